The summed E-state index contributed by atoms with van der Waals surface area (Å²) >= 11 is 0. The predicted molar refractivity (Wildman–Crippen MR) is 169 cm³/mol. The van der Waals surface area contributed by atoms with Crippen LogP contribution in [0, 0.1) is 12.8 Å². The SMILES string of the molecule is Cc1nn(C)c2c(NCCOC3(C)CCC3)nc(N3CCCC(CN4CCN(c5ccccn5)CC4)C3)nc12.O=C(O)C(F)(F)F. The summed E-state index contributed by atoms with van der Waals surface area (Å²) < 4.78 is 39.8. The Morgan fingerprint density at radius 3 is 2.48 bits per heavy atom. The number of rotatable bonds is 9. The number of carboxylic acids is 1. The molecule has 12 nitrogen and oxygen atoms in total. The number of pyridine rings is 1. The van der Waals surface area contributed by atoms with Gasteiger partial charge in [-0.1, -0.05) is 6.07 Å². The van der Waals surface area contributed by atoms with E-state index in [1.807, 2.05) is 30.9 Å². The van der Waals surface area contributed by atoms with Crippen molar-refractivity contribution in [3.05, 3.63) is 30.1 Å². The van der Waals surface area contributed by atoms with Gasteiger partial charge in [-0.25, -0.2) is 14.8 Å². The Hall–Kier alpha value is -3.72. The number of nitrogens with zero attached hydrogens (tertiary/aromatic N) is 8. The summed E-state index contributed by atoms with van der Waals surface area (Å²) in [4.78, 5) is 30.9. The van der Waals surface area contributed by atoms with E-state index in [2.05, 4.69) is 49.2 Å². The summed E-state index contributed by atoms with van der Waals surface area (Å²) in [5, 5.41) is 15.3. The lowest BCUT2D eigenvalue weighted by Crippen LogP contribution is -2.50. The van der Waals surface area contributed by atoms with E-state index in [1.165, 1.54) is 19.3 Å². The predicted octanol–water partition coefficient (Wildman–Crippen LogP) is 4.11. The van der Waals surface area contributed by atoms with Crippen LogP contribution in [0.4, 0.5) is 30.8 Å². The molecule has 3 aromatic heterocycles. The lowest BCUT2D eigenvalue weighted by atomic mass is 9.82. The van der Waals surface area contributed by atoms with Gasteiger partial charge in [0.1, 0.15) is 16.9 Å². The zero-order valence-corrected chi connectivity index (χ0v) is 26.8. The number of hydrogen-bond acceptors (Lipinski definition) is 10. The monoisotopic (exact) mass is 647 g/mol. The minimum absolute atomic E-state index is 0.0604. The number of aryl methyl sites for hydroxylation is 2. The van der Waals surface area contributed by atoms with Crippen molar-refractivity contribution in [3.63, 3.8) is 0 Å². The van der Waals surface area contributed by atoms with Gasteiger partial charge in [-0.15, -0.1) is 0 Å². The zero-order valence-electron chi connectivity index (χ0n) is 26.8. The van der Waals surface area contributed by atoms with Gasteiger partial charge in [-0.2, -0.15) is 23.3 Å². The molecule has 0 amide bonds. The van der Waals surface area contributed by atoms with E-state index in [1.54, 1.807) is 0 Å². The molecule has 0 spiro atoms. The van der Waals surface area contributed by atoms with Crippen molar-refractivity contribution < 1.29 is 27.8 Å². The summed E-state index contributed by atoms with van der Waals surface area (Å²) in [7, 11) is 1.97. The second-order valence-electron chi connectivity index (χ2n) is 12.6. The number of carboxylic acid groups (broad SMARTS) is 1. The molecule has 1 aliphatic carbocycles. The Balaban J connectivity index is 0.000000537. The minimum atomic E-state index is -5.08. The quantitative estimate of drug-likeness (QED) is 0.326. The number of anilines is 3. The number of piperidine rings is 1. The van der Waals surface area contributed by atoms with Crippen LogP contribution in [0.2, 0.25) is 0 Å². The molecule has 15 heteroatoms. The smallest absolute Gasteiger partial charge is 0.475 e. The Morgan fingerprint density at radius 2 is 1.85 bits per heavy atom. The Morgan fingerprint density at radius 1 is 1.11 bits per heavy atom. The molecule has 3 aromatic rings. The molecule has 0 bridgehead atoms. The molecule has 2 aliphatic heterocycles. The van der Waals surface area contributed by atoms with Gasteiger partial charge in [0.15, 0.2) is 5.82 Å². The highest BCUT2D eigenvalue weighted by molar-refractivity contribution is 5.88. The number of halogens is 3. The molecule has 252 valence electrons. The maximum absolute atomic E-state index is 10.6. The second kappa shape index (κ2) is 14.4. The molecular formula is C31H44F3N9O3. The topological polar surface area (TPSA) is 125 Å². The normalized spacial score (nSPS) is 20.2. The number of hydrogen-bond donors (Lipinski definition) is 2. The van der Waals surface area contributed by atoms with E-state index >= 15 is 0 Å². The molecular weight excluding hydrogens is 603 g/mol. The molecule has 1 unspecified atom stereocenters. The molecule has 2 saturated heterocycles. The molecule has 3 aliphatic rings. The summed E-state index contributed by atoms with van der Waals surface area (Å²) in [6.45, 7) is 13.0. The fraction of sp³-hybridized carbons (Fsp3) is 0.645. The molecule has 2 N–H and O–H groups in total. The molecule has 6 rings (SSSR count). The molecule has 46 heavy (non-hydrogen) atoms. The molecule has 1 atom stereocenters. The largest absolute Gasteiger partial charge is 0.490 e. The fourth-order valence-electron chi connectivity index (χ4n) is 6.34. The number of carbonyl (C=O) groups is 1. The summed E-state index contributed by atoms with van der Waals surface area (Å²) in [6, 6.07) is 6.16. The first kappa shape index (κ1) is 33.6. The average molecular weight is 648 g/mol. The van der Waals surface area contributed by atoms with Gasteiger partial charge in [0.25, 0.3) is 0 Å². The minimum Gasteiger partial charge on any atom is -0.475 e. The number of nitrogens with one attached hydrogen (secondary N) is 1. The number of ether oxygens (including phenoxy) is 1. The van der Waals surface area contributed by atoms with Crippen LogP contribution in [0.5, 0.6) is 0 Å². The van der Waals surface area contributed by atoms with Crippen LogP contribution in [-0.2, 0) is 16.6 Å². The first-order valence-electron chi connectivity index (χ1n) is 15.9. The first-order valence-corrected chi connectivity index (χ1v) is 15.9. The van der Waals surface area contributed by atoms with Gasteiger partial charge >= 0.3 is 12.1 Å². The van der Waals surface area contributed by atoms with Gasteiger partial charge in [0, 0.05) is 65.6 Å². The van der Waals surface area contributed by atoms with Crippen LogP contribution in [-0.4, -0.2) is 111 Å². The van der Waals surface area contributed by atoms with Gasteiger partial charge in [-0.3, -0.25) is 9.58 Å². The van der Waals surface area contributed by atoms with Crippen LogP contribution >= 0.6 is 0 Å². The zero-order chi connectivity index (χ0) is 32.9. The highest BCUT2D eigenvalue weighted by Gasteiger charge is 2.38. The second-order valence-corrected chi connectivity index (χ2v) is 12.6. The average Bonchev–Trinajstić information content (AvgIpc) is 3.32. The van der Waals surface area contributed by atoms with Gasteiger partial charge in [0.2, 0.25) is 5.95 Å². The third-order valence-corrected chi connectivity index (χ3v) is 9.00. The molecule has 5 heterocycles. The summed E-state index contributed by atoms with van der Waals surface area (Å²) in [6.07, 6.45) is 2.81. The van der Waals surface area contributed by atoms with E-state index in [4.69, 9.17) is 24.6 Å². The third kappa shape index (κ3) is 8.35. The summed E-state index contributed by atoms with van der Waals surface area (Å²) in [5.74, 6) is 0.619. The number of alkyl halides is 3. The van der Waals surface area contributed by atoms with Gasteiger partial charge in [0.05, 0.1) is 17.9 Å². The van der Waals surface area contributed by atoms with E-state index in [9.17, 15) is 13.2 Å². The van der Waals surface area contributed by atoms with Gasteiger partial charge in [-0.05, 0) is 64.0 Å². The summed E-state index contributed by atoms with van der Waals surface area (Å²) in [5.41, 5.74) is 2.90. The maximum atomic E-state index is 10.6. The van der Waals surface area contributed by atoms with Crippen molar-refractivity contribution in [3.8, 4) is 0 Å². The molecule has 1 saturated carbocycles. The lowest BCUT2D eigenvalue weighted by Gasteiger charge is -2.39. The highest BCUT2D eigenvalue weighted by atomic mass is 19.4. The van der Waals surface area contributed by atoms with Crippen LogP contribution in [0.3, 0.4) is 0 Å². The van der Waals surface area contributed by atoms with Crippen LogP contribution < -0.4 is 15.1 Å². The van der Waals surface area contributed by atoms with Crippen molar-refractivity contribution in [2.45, 2.75) is 57.7 Å². The lowest BCUT2D eigenvalue weighted by molar-refractivity contribution is -0.192. The van der Waals surface area contributed by atoms with Crippen molar-refractivity contribution in [1.82, 2.24) is 29.6 Å². The number of aromatic nitrogens is 5. The van der Waals surface area contributed by atoms with E-state index in [0.717, 1.165) is 99.5 Å². The number of fused-ring (bicyclic) bond motifs is 1. The third-order valence-electron chi connectivity index (χ3n) is 9.00. The maximum Gasteiger partial charge on any atom is 0.490 e. The van der Waals surface area contributed by atoms with Crippen LogP contribution in [0.15, 0.2) is 24.4 Å². The highest BCUT2D eigenvalue weighted by Crippen LogP contribution is 2.35. The van der Waals surface area contributed by atoms with E-state index < -0.39 is 12.1 Å². The van der Waals surface area contributed by atoms with Gasteiger partial charge < -0.3 is 25.0 Å². The van der Waals surface area contributed by atoms with E-state index in [-0.39, 0.29) is 5.60 Å². The molecule has 3 fully saturated rings. The van der Waals surface area contributed by atoms with Crippen molar-refractivity contribution in [2.24, 2.45) is 13.0 Å². The van der Waals surface area contributed by atoms with Crippen LogP contribution in [0.25, 0.3) is 11.0 Å². The number of piperazine rings is 1. The first-order chi connectivity index (χ1) is 21.9. The molecule has 0 radical (unpaired) electrons. The van der Waals surface area contributed by atoms with E-state index in [0.29, 0.717) is 12.5 Å². The van der Waals surface area contributed by atoms with Crippen molar-refractivity contribution >= 4 is 34.6 Å². The number of aliphatic carboxylic acids is 1. The standard InChI is InChI=1S/C29H43N9O.C2HF3O2/c1-22-25-26(35(3)34-22)27(31-13-19-39-29(2)10-7-11-29)33-28(32-25)38-14-6-8-23(21-38)20-36-15-17-37(18-16-36)24-9-4-5-12-30-24;3-2(4,5)1(6)7/h4-5,9,12,23H,6-8,10-11,13-21H2,1-3H3,(H,31,32,33);(H,6,7). The Bertz CT molecular complexity index is 1460. The van der Waals surface area contributed by atoms with Crippen molar-refractivity contribution in [2.75, 3.05) is 74.1 Å². The molecule has 0 aromatic carbocycles. The Labute approximate surface area is 266 Å². The van der Waals surface area contributed by atoms with Crippen molar-refractivity contribution in [1.29, 1.82) is 0 Å². The fourth-order valence-corrected chi connectivity index (χ4v) is 6.34. The van der Waals surface area contributed by atoms with Crippen LogP contribution in [0.1, 0.15) is 44.7 Å². The Kier molecular flexibility index (Phi) is 10.5.